The minimum absolute atomic E-state index is 0.0169. The zero-order valence-electron chi connectivity index (χ0n) is 13.9. The zero-order valence-corrected chi connectivity index (χ0v) is 13.9. The number of para-hydroxylation sites is 1. The van der Waals surface area contributed by atoms with Crippen LogP contribution in [0.5, 0.6) is 5.75 Å². The summed E-state index contributed by atoms with van der Waals surface area (Å²) in [5.74, 6) is 0.567. The molecule has 23 heavy (non-hydrogen) atoms. The second-order valence-electron chi connectivity index (χ2n) is 6.42. The van der Waals surface area contributed by atoms with Crippen LogP contribution in [0.1, 0.15) is 45.6 Å². The summed E-state index contributed by atoms with van der Waals surface area (Å²) >= 11 is 0. The number of benzene rings is 1. The van der Waals surface area contributed by atoms with E-state index in [9.17, 15) is 9.59 Å². The lowest BCUT2D eigenvalue weighted by Crippen LogP contribution is -2.34. The van der Waals surface area contributed by atoms with Gasteiger partial charge in [-0.05, 0) is 40.2 Å². The van der Waals surface area contributed by atoms with Crippen molar-refractivity contribution in [3.05, 3.63) is 29.8 Å². The van der Waals surface area contributed by atoms with Crippen LogP contribution in [0.4, 0.5) is 9.59 Å². The molecular formula is C17H23NO5. The van der Waals surface area contributed by atoms with Crippen molar-refractivity contribution < 1.29 is 23.8 Å². The highest BCUT2D eigenvalue weighted by molar-refractivity contribution is 5.69. The van der Waals surface area contributed by atoms with Crippen molar-refractivity contribution in [2.75, 3.05) is 6.61 Å². The van der Waals surface area contributed by atoms with E-state index >= 15 is 0 Å². The number of hydrogen-bond acceptors (Lipinski definition) is 5. The molecule has 1 aliphatic rings. The summed E-state index contributed by atoms with van der Waals surface area (Å²) in [6.45, 7) is 7.43. The molecule has 1 aromatic rings. The maximum absolute atomic E-state index is 11.8. The maximum atomic E-state index is 11.8. The van der Waals surface area contributed by atoms with Crippen molar-refractivity contribution in [2.45, 2.75) is 51.7 Å². The number of hydrogen-bond donors (Lipinski definition) is 1. The van der Waals surface area contributed by atoms with Gasteiger partial charge >= 0.3 is 12.2 Å². The Hall–Kier alpha value is -2.24. The molecule has 6 heteroatoms. The van der Waals surface area contributed by atoms with Gasteiger partial charge in [-0.15, -0.1) is 0 Å². The summed E-state index contributed by atoms with van der Waals surface area (Å²) in [7, 11) is 0. The van der Waals surface area contributed by atoms with Gasteiger partial charge in [-0.2, -0.15) is 0 Å². The van der Waals surface area contributed by atoms with Gasteiger partial charge in [0.15, 0.2) is 0 Å². The van der Waals surface area contributed by atoms with Gasteiger partial charge in [0, 0.05) is 17.5 Å². The number of rotatable bonds is 4. The summed E-state index contributed by atoms with van der Waals surface area (Å²) < 4.78 is 15.3. The lowest BCUT2D eigenvalue weighted by Gasteiger charge is -2.19. The van der Waals surface area contributed by atoms with Gasteiger partial charge in [-0.3, -0.25) is 0 Å². The van der Waals surface area contributed by atoms with Gasteiger partial charge < -0.3 is 19.5 Å². The van der Waals surface area contributed by atoms with E-state index in [1.165, 1.54) is 0 Å². The second kappa shape index (κ2) is 6.89. The Kier molecular flexibility index (Phi) is 5.13. The molecular weight excluding hydrogens is 298 g/mol. The molecule has 1 N–H and O–H groups in total. The Morgan fingerprint density at radius 2 is 1.96 bits per heavy atom. The molecule has 0 radical (unpaired) electrons. The first-order chi connectivity index (χ1) is 10.8. The minimum atomic E-state index is -0.725. The molecule has 0 aromatic heterocycles. The average molecular weight is 321 g/mol. The van der Waals surface area contributed by atoms with E-state index in [1.54, 1.807) is 19.1 Å². The Morgan fingerprint density at radius 1 is 1.26 bits per heavy atom. The highest BCUT2D eigenvalue weighted by atomic mass is 16.7. The predicted octanol–water partition coefficient (Wildman–Crippen LogP) is 3.60. The zero-order chi connectivity index (χ0) is 17.0. The molecule has 0 spiro atoms. The van der Waals surface area contributed by atoms with Gasteiger partial charge in [0.05, 0.1) is 6.61 Å². The molecule has 1 fully saturated rings. The first kappa shape index (κ1) is 17.1. The van der Waals surface area contributed by atoms with E-state index in [0.29, 0.717) is 5.75 Å². The Bertz CT molecular complexity index is 579. The fourth-order valence-electron chi connectivity index (χ4n) is 2.27. The quantitative estimate of drug-likeness (QED) is 0.677. The Morgan fingerprint density at radius 3 is 2.61 bits per heavy atom. The molecule has 0 heterocycles. The minimum Gasteiger partial charge on any atom is -0.444 e. The lowest BCUT2D eigenvalue weighted by molar-refractivity contribution is 0.0522. The maximum Gasteiger partial charge on any atom is 0.513 e. The molecule has 0 bridgehead atoms. The molecule has 2 unspecified atom stereocenters. The van der Waals surface area contributed by atoms with Crippen molar-refractivity contribution in [1.29, 1.82) is 0 Å². The first-order valence-corrected chi connectivity index (χ1v) is 7.73. The van der Waals surface area contributed by atoms with Crippen LogP contribution in [0, 0.1) is 0 Å². The van der Waals surface area contributed by atoms with Gasteiger partial charge in [0.1, 0.15) is 11.4 Å². The number of nitrogens with one attached hydrogen (secondary N) is 1. The van der Waals surface area contributed by atoms with Crippen molar-refractivity contribution >= 4 is 12.2 Å². The lowest BCUT2D eigenvalue weighted by atomic mass is 10.1. The topological polar surface area (TPSA) is 73.9 Å². The van der Waals surface area contributed by atoms with Crippen molar-refractivity contribution in [3.8, 4) is 5.75 Å². The summed E-state index contributed by atoms with van der Waals surface area (Å²) in [5.41, 5.74) is 0.348. The Labute approximate surface area is 136 Å². The molecule has 2 atom stereocenters. The van der Waals surface area contributed by atoms with E-state index in [4.69, 9.17) is 14.2 Å². The van der Waals surface area contributed by atoms with Crippen LogP contribution < -0.4 is 10.1 Å². The summed E-state index contributed by atoms with van der Waals surface area (Å²) in [6.07, 6.45) is -0.381. The van der Waals surface area contributed by atoms with Crippen LogP contribution in [0.25, 0.3) is 0 Å². The second-order valence-corrected chi connectivity index (χ2v) is 6.42. The van der Waals surface area contributed by atoms with E-state index in [-0.39, 0.29) is 18.6 Å². The molecule has 126 valence electrons. The fourth-order valence-corrected chi connectivity index (χ4v) is 2.27. The van der Waals surface area contributed by atoms with Gasteiger partial charge in [0.2, 0.25) is 0 Å². The molecule has 0 aliphatic heterocycles. The predicted molar refractivity (Wildman–Crippen MR) is 84.6 cm³/mol. The van der Waals surface area contributed by atoms with Gasteiger partial charge in [0.25, 0.3) is 0 Å². The van der Waals surface area contributed by atoms with Crippen molar-refractivity contribution in [1.82, 2.24) is 5.32 Å². The van der Waals surface area contributed by atoms with E-state index in [1.807, 2.05) is 32.9 Å². The van der Waals surface area contributed by atoms with Crippen LogP contribution in [-0.4, -0.2) is 30.5 Å². The van der Waals surface area contributed by atoms with Crippen LogP contribution >= 0.6 is 0 Å². The molecule has 1 aromatic carbocycles. The van der Waals surface area contributed by atoms with Crippen molar-refractivity contribution in [2.24, 2.45) is 0 Å². The highest BCUT2D eigenvalue weighted by Crippen LogP contribution is 2.44. The van der Waals surface area contributed by atoms with Crippen LogP contribution in [0.15, 0.2) is 24.3 Å². The number of carbonyl (C=O) groups excluding carboxylic acids is 2. The van der Waals surface area contributed by atoms with E-state index < -0.39 is 17.8 Å². The third-order valence-corrected chi connectivity index (χ3v) is 3.27. The molecule has 2 rings (SSSR count). The normalized spacial score (nSPS) is 19.7. The SMILES string of the molecule is CCOC(=O)Oc1ccccc1C1CC1NC(=O)OC(C)(C)C. The third-order valence-electron chi connectivity index (χ3n) is 3.27. The molecule has 1 aliphatic carbocycles. The summed E-state index contributed by atoms with van der Waals surface area (Å²) in [6, 6.07) is 7.25. The number of ether oxygens (including phenoxy) is 3. The monoisotopic (exact) mass is 321 g/mol. The first-order valence-electron chi connectivity index (χ1n) is 7.73. The van der Waals surface area contributed by atoms with Gasteiger partial charge in [-0.1, -0.05) is 18.2 Å². The van der Waals surface area contributed by atoms with E-state index in [2.05, 4.69) is 5.32 Å². The van der Waals surface area contributed by atoms with Crippen LogP contribution in [0.3, 0.4) is 0 Å². The van der Waals surface area contributed by atoms with Crippen molar-refractivity contribution in [3.63, 3.8) is 0 Å². The molecule has 1 amide bonds. The Balaban J connectivity index is 1.96. The van der Waals surface area contributed by atoms with Gasteiger partial charge in [-0.25, -0.2) is 9.59 Å². The van der Waals surface area contributed by atoms with Crippen LogP contribution in [-0.2, 0) is 9.47 Å². The largest absolute Gasteiger partial charge is 0.513 e. The number of alkyl carbamates (subject to hydrolysis) is 1. The average Bonchev–Trinajstić information content (AvgIpc) is 3.16. The summed E-state index contributed by atoms with van der Waals surface area (Å²) in [5, 5.41) is 2.83. The fraction of sp³-hybridized carbons (Fsp3) is 0.529. The summed E-state index contributed by atoms with van der Waals surface area (Å²) in [4.78, 5) is 23.3. The third kappa shape index (κ3) is 5.16. The highest BCUT2D eigenvalue weighted by Gasteiger charge is 2.42. The standard InChI is InChI=1S/C17H23NO5/c1-5-21-16(20)22-14-9-7-6-8-11(14)12-10-13(12)18-15(19)23-17(2,3)4/h6-9,12-13H,5,10H2,1-4H3,(H,18,19). The number of carbonyl (C=O) groups is 2. The van der Waals surface area contributed by atoms with Crippen LogP contribution in [0.2, 0.25) is 0 Å². The number of amides is 1. The molecule has 1 saturated carbocycles. The molecule has 6 nitrogen and oxygen atoms in total. The van der Waals surface area contributed by atoms with E-state index in [0.717, 1.165) is 12.0 Å². The smallest absolute Gasteiger partial charge is 0.444 e. The molecule has 0 saturated heterocycles.